The van der Waals surface area contributed by atoms with Gasteiger partial charge in [0.15, 0.2) is 0 Å². The van der Waals surface area contributed by atoms with Gasteiger partial charge in [-0.25, -0.2) is 0 Å². The molecule has 3 heterocycles. The fourth-order valence-electron chi connectivity index (χ4n) is 4.53. The maximum Gasteiger partial charge on any atom is 0.494 e. The first-order chi connectivity index (χ1) is 14.3. The van der Waals surface area contributed by atoms with Crippen molar-refractivity contribution < 1.29 is 18.8 Å². The number of para-hydroxylation sites is 1. The lowest BCUT2D eigenvalue weighted by molar-refractivity contribution is 0.00578. The minimum Gasteiger partial charge on any atom is -0.458 e. The van der Waals surface area contributed by atoms with Crippen LogP contribution in [0, 0.1) is 0 Å². The molecule has 0 N–H and O–H groups in total. The van der Waals surface area contributed by atoms with Crippen LogP contribution >= 0.6 is 0 Å². The number of fused-ring (bicyclic) bond motifs is 4. The van der Waals surface area contributed by atoms with Crippen LogP contribution in [0.15, 0.2) is 60.7 Å². The summed E-state index contributed by atoms with van der Waals surface area (Å²) in [5, 5.41) is 0. The molecule has 6 rings (SSSR count). The molecule has 1 saturated heterocycles. The van der Waals surface area contributed by atoms with E-state index in [1.165, 1.54) is 0 Å². The van der Waals surface area contributed by atoms with Gasteiger partial charge in [-0.2, -0.15) is 0 Å². The van der Waals surface area contributed by atoms with E-state index in [0.717, 1.165) is 44.8 Å². The fraction of sp³-hybridized carbons (Fsp3) is 0.250. The van der Waals surface area contributed by atoms with Gasteiger partial charge in [-0.15, -0.1) is 0 Å². The SMILES string of the molecule is CC1(C)OB(c2ccc3c(c2)B2c4ccccc4Oc4cccc(c42)O3)OC1(C)C. The Labute approximate surface area is 177 Å². The zero-order chi connectivity index (χ0) is 20.7. The Balaban J connectivity index is 1.51. The van der Waals surface area contributed by atoms with Crippen molar-refractivity contribution in [1.29, 1.82) is 0 Å². The number of hydrogen-bond donors (Lipinski definition) is 0. The van der Waals surface area contributed by atoms with Crippen LogP contribution in [0.2, 0.25) is 0 Å². The summed E-state index contributed by atoms with van der Waals surface area (Å²) in [5.41, 5.74) is 3.58. The predicted octanol–water partition coefficient (Wildman–Crippen LogP) is 2.71. The Bertz CT molecular complexity index is 1160. The highest BCUT2D eigenvalue weighted by atomic mass is 16.7. The maximum atomic E-state index is 6.30. The zero-order valence-corrected chi connectivity index (χ0v) is 17.6. The van der Waals surface area contributed by atoms with Gasteiger partial charge in [0.05, 0.1) is 11.2 Å². The minimum atomic E-state index is -0.410. The van der Waals surface area contributed by atoms with Crippen molar-refractivity contribution in [3.8, 4) is 23.0 Å². The third-order valence-electron chi connectivity index (χ3n) is 6.85. The molecule has 0 atom stereocenters. The van der Waals surface area contributed by atoms with Crippen LogP contribution in [0.5, 0.6) is 23.0 Å². The Kier molecular flexibility index (Phi) is 3.58. The summed E-state index contributed by atoms with van der Waals surface area (Å²) in [6, 6.07) is 20.5. The smallest absolute Gasteiger partial charge is 0.458 e. The Hall–Kier alpha value is -2.69. The molecule has 148 valence electrons. The monoisotopic (exact) mass is 396 g/mol. The van der Waals surface area contributed by atoms with E-state index in [4.69, 9.17) is 18.8 Å². The second kappa shape index (κ2) is 5.93. The van der Waals surface area contributed by atoms with Crippen LogP contribution in [-0.2, 0) is 9.31 Å². The van der Waals surface area contributed by atoms with Crippen molar-refractivity contribution in [3.63, 3.8) is 0 Å². The highest BCUT2D eigenvalue weighted by Gasteiger charge is 2.52. The molecule has 0 spiro atoms. The van der Waals surface area contributed by atoms with E-state index in [9.17, 15) is 0 Å². The average Bonchev–Trinajstić information content (AvgIpc) is 2.94. The molecule has 6 heteroatoms. The van der Waals surface area contributed by atoms with Crippen molar-refractivity contribution in [2.75, 3.05) is 0 Å². The van der Waals surface area contributed by atoms with E-state index in [2.05, 4.69) is 45.9 Å². The second-order valence-electron chi connectivity index (χ2n) is 9.23. The molecule has 3 aliphatic rings. The molecule has 4 nitrogen and oxygen atoms in total. The number of hydrogen-bond acceptors (Lipinski definition) is 4. The molecule has 0 radical (unpaired) electrons. The van der Waals surface area contributed by atoms with Gasteiger partial charge in [-0.1, -0.05) is 36.4 Å². The molecular formula is C24H22B2O4. The molecule has 0 amide bonds. The highest BCUT2D eigenvalue weighted by Crippen LogP contribution is 2.37. The first-order valence-electron chi connectivity index (χ1n) is 10.4. The predicted molar refractivity (Wildman–Crippen MR) is 120 cm³/mol. The second-order valence-corrected chi connectivity index (χ2v) is 9.23. The highest BCUT2D eigenvalue weighted by molar-refractivity contribution is 6.98. The molecule has 0 saturated carbocycles. The molecule has 30 heavy (non-hydrogen) atoms. The summed E-state index contributed by atoms with van der Waals surface area (Å²) in [5.74, 6) is 3.45. The summed E-state index contributed by atoms with van der Waals surface area (Å²) in [4.78, 5) is 0. The van der Waals surface area contributed by atoms with Gasteiger partial charge in [0.2, 0.25) is 0 Å². The van der Waals surface area contributed by atoms with Gasteiger partial charge < -0.3 is 18.8 Å². The van der Waals surface area contributed by atoms with Crippen molar-refractivity contribution >= 4 is 35.7 Å². The van der Waals surface area contributed by atoms with Crippen molar-refractivity contribution in [2.45, 2.75) is 38.9 Å². The standard InChI is InChI=1S/C24H22B2O4/c1-23(2)24(3,4)30-26(29-23)15-12-13-19-17(14-15)25-16-8-5-6-9-18(16)27-20-10-7-11-21(28-19)22(20)25/h5-14H,1-4H3. The lowest BCUT2D eigenvalue weighted by Gasteiger charge is -2.33. The van der Waals surface area contributed by atoms with Gasteiger partial charge >= 0.3 is 7.12 Å². The van der Waals surface area contributed by atoms with Gasteiger partial charge in [-0.05, 0) is 68.3 Å². The van der Waals surface area contributed by atoms with E-state index in [1.54, 1.807) is 0 Å². The molecule has 3 aromatic rings. The van der Waals surface area contributed by atoms with E-state index in [-0.39, 0.29) is 17.9 Å². The number of benzene rings is 3. The third kappa shape index (κ3) is 2.44. The first kappa shape index (κ1) is 18.1. The minimum absolute atomic E-state index is 0.0484. The number of rotatable bonds is 1. The van der Waals surface area contributed by atoms with Crippen molar-refractivity contribution in [1.82, 2.24) is 0 Å². The topological polar surface area (TPSA) is 36.9 Å². The van der Waals surface area contributed by atoms with Crippen LogP contribution in [0.4, 0.5) is 0 Å². The Morgan fingerprint density at radius 1 is 0.633 bits per heavy atom. The van der Waals surface area contributed by atoms with E-state index < -0.39 is 7.12 Å². The third-order valence-corrected chi connectivity index (χ3v) is 6.85. The van der Waals surface area contributed by atoms with E-state index in [1.807, 2.05) is 42.5 Å². The van der Waals surface area contributed by atoms with Gasteiger partial charge in [0.1, 0.15) is 23.0 Å². The molecule has 0 aromatic heterocycles. The molecule has 3 aromatic carbocycles. The summed E-state index contributed by atoms with van der Waals surface area (Å²) >= 11 is 0. The summed E-state index contributed by atoms with van der Waals surface area (Å²) < 4.78 is 25.1. The van der Waals surface area contributed by atoms with E-state index in [0.29, 0.717) is 0 Å². The molecule has 3 aliphatic heterocycles. The molecule has 0 bridgehead atoms. The van der Waals surface area contributed by atoms with Crippen LogP contribution in [-0.4, -0.2) is 25.0 Å². The van der Waals surface area contributed by atoms with Crippen molar-refractivity contribution in [3.05, 3.63) is 60.7 Å². The van der Waals surface area contributed by atoms with Crippen LogP contribution in [0.25, 0.3) is 0 Å². The lowest BCUT2D eigenvalue weighted by Crippen LogP contribution is -2.58. The quantitative estimate of drug-likeness (QED) is 0.409. The number of ether oxygens (including phenoxy) is 2. The summed E-state index contributed by atoms with van der Waals surface area (Å²) in [6.07, 6.45) is 0. The maximum absolute atomic E-state index is 6.30. The van der Waals surface area contributed by atoms with Gasteiger partial charge in [0, 0.05) is 5.46 Å². The largest absolute Gasteiger partial charge is 0.494 e. The lowest BCUT2D eigenvalue weighted by atomic mass is 9.34. The van der Waals surface area contributed by atoms with Crippen LogP contribution in [0.3, 0.4) is 0 Å². The van der Waals surface area contributed by atoms with Crippen LogP contribution in [0.1, 0.15) is 27.7 Å². The average molecular weight is 396 g/mol. The summed E-state index contributed by atoms with van der Waals surface area (Å²) in [6.45, 7) is 8.35. The van der Waals surface area contributed by atoms with Gasteiger partial charge in [0.25, 0.3) is 6.71 Å². The Morgan fingerprint density at radius 2 is 1.23 bits per heavy atom. The fourth-order valence-corrected chi connectivity index (χ4v) is 4.53. The molecular weight excluding hydrogens is 374 g/mol. The molecule has 0 aliphatic carbocycles. The van der Waals surface area contributed by atoms with Gasteiger partial charge in [-0.3, -0.25) is 0 Å². The summed E-state index contributed by atoms with van der Waals surface area (Å²) in [7, 11) is -0.410. The van der Waals surface area contributed by atoms with Crippen LogP contribution < -0.4 is 31.3 Å². The van der Waals surface area contributed by atoms with E-state index >= 15 is 0 Å². The molecule has 1 fully saturated rings. The first-order valence-corrected chi connectivity index (χ1v) is 10.4. The normalized spacial score (nSPS) is 19.3. The molecule has 0 unspecified atom stereocenters. The zero-order valence-electron chi connectivity index (χ0n) is 17.6. The van der Waals surface area contributed by atoms with Crippen molar-refractivity contribution in [2.24, 2.45) is 0 Å². The Morgan fingerprint density at radius 3 is 1.93 bits per heavy atom.